The van der Waals surface area contributed by atoms with Crippen molar-refractivity contribution in [3.63, 3.8) is 0 Å². The van der Waals surface area contributed by atoms with Gasteiger partial charge in [-0.05, 0) is 38.0 Å². The van der Waals surface area contributed by atoms with Crippen molar-refractivity contribution in [1.82, 2.24) is 10.2 Å². The summed E-state index contributed by atoms with van der Waals surface area (Å²) in [6, 6.07) is 5.04. The number of ether oxygens (including phenoxy) is 2. The number of hydrogen-bond donors (Lipinski definition) is 3. The average Bonchev–Trinajstić information content (AvgIpc) is 3.06. The molecule has 0 fully saturated rings. The number of thiophene rings is 1. The largest absolute Gasteiger partial charge is 0.507 e. The molecule has 4 rings (SSSR count). The molecule has 9 heteroatoms. The Bertz CT molecular complexity index is 958. The molecular formula is C20H23N3O5S. The van der Waals surface area contributed by atoms with Gasteiger partial charge in [-0.3, -0.25) is 4.79 Å². The summed E-state index contributed by atoms with van der Waals surface area (Å²) in [4.78, 5) is 27.5. The third-order valence-electron chi connectivity index (χ3n) is 4.98. The van der Waals surface area contributed by atoms with E-state index >= 15 is 0 Å². The third-order valence-corrected chi connectivity index (χ3v) is 6.13. The molecule has 2 amide bonds. The predicted octanol–water partition coefficient (Wildman–Crippen LogP) is 3.22. The normalized spacial score (nSPS) is 17.7. The second-order valence-electron chi connectivity index (χ2n) is 6.78. The fourth-order valence-corrected chi connectivity index (χ4v) is 4.95. The quantitative estimate of drug-likeness (QED) is 0.706. The molecule has 2 aliphatic heterocycles. The zero-order chi connectivity index (χ0) is 20.5. The van der Waals surface area contributed by atoms with E-state index in [1.807, 2.05) is 6.92 Å². The molecule has 0 aliphatic carbocycles. The van der Waals surface area contributed by atoms with Gasteiger partial charge in [0.1, 0.15) is 22.7 Å². The number of carbonyl (C=O) groups is 2. The van der Waals surface area contributed by atoms with Crippen LogP contribution in [0.3, 0.4) is 0 Å². The maximum atomic E-state index is 12.8. The van der Waals surface area contributed by atoms with E-state index < -0.39 is 6.17 Å². The Morgan fingerprint density at radius 2 is 2.14 bits per heavy atom. The highest BCUT2D eigenvalue weighted by molar-refractivity contribution is 7.16. The van der Waals surface area contributed by atoms with Crippen molar-refractivity contribution in [2.75, 3.05) is 25.1 Å². The molecule has 1 atom stereocenters. The number of nitrogens with one attached hydrogen (secondary N) is 2. The molecule has 3 N–H and O–H groups in total. The third kappa shape index (κ3) is 3.57. The van der Waals surface area contributed by atoms with E-state index in [4.69, 9.17) is 9.47 Å². The lowest BCUT2D eigenvalue weighted by Crippen LogP contribution is -2.39. The summed E-state index contributed by atoms with van der Waals surface area (Å²) in [5, 5.41) is 17.4. The molecule has 0 spiro atoms. The second kappa shape index (κ2) is 7.82. The highest BCUT2D eigenvalue weighted by Crippen LogP contribution is 2.42. The van der Waals surface area contributed by atoms with Crippen molar-refractivity contribution in [3.8, 4) is 11.5 Å². The Labute approximate surface area is 172 Å². The molecule has 0 unspecified atom stereocenters. The number of benzene rings is 1. The summed E-state index contributed by atoms with van der Waals surface area (Å²) in [6.07, 6.45) is -0.278. The minimum atomic E-state index is -0.549. The van der Waals surface area contributed by atoms with E-state index in [-0.39, 0.29) is 17.7 Å². The molecule has 2 aliphatic rings. The number of amides is 2. The molecule has 0 saturated heterocycles. The molecule has 0 bridgehead atoms. The zero-order valence-electron chi connectivity index (χ0n) is 16.3. The summed E-state index contributed by atoms with van der Waals surface area (Å²) in [5.74, 6) is 0.438. The lowest BCUT2D eigenvalue weighted by molar-refractivity contribution is 0.0934. The van der Waals surface area contributed by atoms with Gasteiger partial charge in [0.15, 0.2) is 0 Å². The van der Waals surface area contributed by atoms with E-state index in [1.165, 1.54) is 11.3 Å². The lowest BCUT2D eigenvalue weighted by Gasteiger charge is -2.28. The average molecular weight is 417 g/mol. The van der Waals surface area contributed by atoms with Crippen LogP contribution in [-0.4, -0.2) is 41.8 Å². The van der Waals surface area contributed by atoms with Crippen LogP contribution < -0.4 is 15.4 Å². The van der Waals surface area contributed by atoms with Crippen LogP contribution in [0.1, 0.15) is 46.4 Å². The number of carbonyl (C=O) groups excluding carboxylic acids is 2. The highest BCUT2D eigenvalue weighted by atomic mass is 32.1. The fraction of sp³-hybridized carbons (Fsp3) is 0.400. The lowest BCUT2D eigenvalue weighted by atomic mass is 10.0. The minimum absolute atomic E-state index is 0.0482. The van der Waals surface area contributed by atoms with E-state index in [1.54, 1.807) is 30.0 Å². The van der Waals surface area contributed by atoms with Crippen LogP contribution in [0, 0.1) is 0 Å². The maximum Gasteiger partial charge on any atom is 0.410 e. The maximum absolute atomic E-state index is 12.8. The van der Waals surface area contributed by atoms with Crippen molar-refractivity contribution < 1.29 is 24.2 Å². The molecule has 0 radical (unpaired) electrons. The van der Waals surface area contributed by atoms with E-state index in [0.29, 0.717) is 49.6 Å². The molecule has 1 aromatic carbocycles. The molecular weight excluding hydrogens is 394 g/mol. The van der Waals surface area contributed by atoms with E-state index in [0.717, 1.165) is 15.4 Å². The first-order valence-electron chi connectivity index (χ1n) is 9.61. The molecule has 154 valence electrons. The van der Waals surface area contributed by atoms with Gasteiger partial charge >= 0.3 is 6.09 Å². The van der Waals surface area contributed by atoms with E-state index in [9.17, 15) is 14.7 Å². The number of fused-ring (bicyclic) bond motifs is 3. The number of aromatic hydroxyl groups is 1. The molecule has 1 aromatic heterocycles. The van der Waals surface area contributed by atoms with Gasteiger partial charge in [0, 0.05) is 23.1 Å². The summed E-state index contributed by atoms with van der Waals surface area (Å²) < 4.78 is 10.5. The topological polar surface area (TPSA) is 100 Å². The first-order chi connectivity index (χ1) is 14.0. The van der Waals surface area contributed by atoms with Crippen LogP contribution in [0.5, 0.6) is 11.5 Å². The number of phenolic OH excluding ortho intramolecular Hbond substituents is 1. The SMILES string of the molecule is CCOC(=O)N1CCc2c(sc3c2C(=O)N[C@@H](c2ccc(OCC)cc2O)N3)C1. The van der Waals surface area contributed by atoms with Crippen LogP contribution in [0.4, 0.5) is 9.80 Å². The van der Waals surface area contributed by atoms with Crippen LogP contribution in [-0.2, 0) is 17.7 Å². The van der Waals surface area contributed by atoms with Gasteiger partial charge in [-0.2, -0.15) is 0 Å². The van der Waals surface area contributed by atoms with Crippen LogP contribution >= 0.6 is 11.3 Å². The van der Waals surface area contributed by atoms with Gasteiger partial charge in [-0.15, -0.1) is 11.3 Å². The Kier molecular flexibility index (Phi) is 5.23. The predicted molar refractivity (Wildman–Crippen MR) is 109 cm³/mol. The molecule has 2 aromatic rings. The van der Waals surface area contributed by atoms with Crippen molar-refractivity contribution in [2.24, 2.45) is 0 Å². The fourth-order valence-electron chi connectivity index (χ4n) is 3.67. The molecule has 3 heterocycles. The van der Waals surface area contributed by atoms with Gasteiger partial charge in [-0.1, -0.05) is 0 Å². The number of hydrogen-bond acceptors (Lipinski definition) is 7. The number of anilines is 1. The summed E-state index contributed by atoms with van der Waals surface area (Å²) >= 11 is 1.47. The van der Waals surface area contributed by atoms with Crippen molar-refractivity contribution in [1.29, 1.82) is 0 Å². The number of nitrogens with zero attached hydrogens (tertiary/aromatic N) is 1. The van der Waals surface area contributed by atoms with Crippen LogP contribution in [0.2, 0.25) is 0 Å². The van der Waals surface area contributed by atoms with Gasteiger partial charge in [0.05, 0.1) is 25.3 Å². The smallest absolute Gasteiger partial charge is 0.410 e. The monoisotopic (exact) mass is 417 g/mol. The van der Waals surface area contributed by atoms with Crippen LogP contribution in [0.25, 0.3) is 0 Å². The molecule has 29 heavy (non-hydrogen) atoms. The minimum Gasteiger partial charge on any atom is -0.507 e. The Balaban J connectivity index is 1.58. The molecule has 8 nitrogen and oxygen atoms in total. The standard InChI is InChI=1S/C20H23N3O5S/c1-3-27-11-5-6-12(14(24)9-11)17-21-18(25)16-13-7-8-23(20(26)28-4-2)10-15(13)29-19(16)22-17/h5-6,9,17,22,24H,3-4,7-8,10H2,1-2H3,(H,21,25)/t17-/m1/s1. The number of rotatable bonds is 4. The van der Waals surface area contributed by atoms with Crippen molar-refractivity contribution >= 4 is 28.3 Å². The highest BCUT2D eigenvalue weighted by Gasteiger charge is 2.35. The van der Waals surface area contributed by atoms with Crippen molar-refractivity contribution in [3.05, 3.63) is 39.8 Å². The number of phenols is 1. The summed E-state index contributed by atoms with van der Waals surface area (Å²) in [7, 11) is 0. The van der Waals surface area contributed by atoms with Gasteiger partial charge in [0.25, 0.3) is 5.91 Å². The summed E-state index contributed by atoms with van der Waals surface area (Å²) in [6.45, 7) is 5.44. The van der Waals surface area contributed by atoms with Crippen LogP contribution in [0.15, 0.2) is 18.2 Å². The zero-order valence-corrected chi connectivity index (χ0v) is 17.1. The van der Waals surface area contributed by atoms with E-state index in [2.05, 4.69) is 10.6 Å². The Morgan fingerprint density at radius 1 is 1.31 bits per heavy atom. The molecule has 0 saturated carbocycles. The second-order valence-corrected chi connectivity index (χ2v) is 7.89. The van der Waals surface area contributed by atoms with Gasteiger partial charge in [0.2, 0.25) is 0 Å². The first-order valence-corrected chi connectivity index (χ1v) is 10.4. The van der Waals surface area contributed by atoms with Gasteiger partial charge in [-0.25, -0.2) is 4.79 Å². The Morgan fingerprint density at radius 3 is 2.86 bits per heavy atom. The Hall–Kier alpha value is -2.94. The first kappa shape index (κ1) is 19.4. The van der Waals surface area contributed by atoms with Gasteiger partial charge < -0.3 is 30.1 Å². The van der Waals surface area contributed by atoms with Crippen molar-refractivity contribution in [2.45, 2.75) is 33.0 Å². The summed E-state index contributed by atoms with van der Waals surface area (Å²) in [5.41, 5.74) is 2.17.